The van der Waals surface area contributed by atoms with Gasteiger partial charge in [0.15, 0.2) is 0 Å². The van der Waals surface area contributed by atoms with E-state index in [4.69, 9.17) is 16.3 Å². The van der Waals surface area contributed by atoms with E-state index in [0.29, 0.717) is 0 Å². The molecule has 0 saturated heterocycles. The molecule has 17 heavy (non-hydrogen) atoms. The lowest BCUT2D eigenvalue weighted by molar-refractivity contribution is -0.00000361. The molecule has 0 aliphatic carbocycles. The highest BCUT2D eigenvalue weighted by molar-refractivity contribution is 7.99. The smallest absolute Gasteiger partial charge is 0.0474 e. The molecule has 98 valence electrons. The molecule has 5 heteroatoms. The topological polar surface area (TPSA) is 21.3 Å². The number of hydrogen-bond acceptors (Lipinski definition) is 3. The quantitative estimate of drug-likeness (QED) is 0.541. The van der Waals surface area contributed by atoms with E-state index in [-0.39, 0.29) is 12.4 Å². The predicted molar refractivity (Wildman–Crippen MR) is 71.5 cm³/mol. The summed E-state index contributed by atoms with van der Waals surface area (Å²) in [6.45, 7) is 2.88. The summed E-state index contributed by atoms with van der Waals surface area (Å²) in [6, 6.07) is 7.96. The summed E-state index contributed by atoms with van der Waals surface area (Å²) in [6.07, 6.45) is 1.07. The van der Waals surface area contributed by atoms with Gasteiger partial charge < -0.3 is 22.5 Å². The number of rotatable bonds is 8. The van der Waals surface area contributed by atoms with Crippen molar-refractivity contribution in [2.75, 3.05) is 32.6 Å². The number of benzene rings is 1. The second kappa shape index (κ2) is 11.2. The number of ether oxygens (including phenoxy) is 1. The van der Waals surface area contributed by atoms with Gasteiger partial charge in [0.25, 0.3) is 0 Å². The maximum atomic E-state index is 5.81. The summed E-state index contributed by atoms with van der Waals surface area (Å²) in [7, 11) is 1.73. The van der Waals surface area contributed by atoms with Crippen LogP contribution in [0.1, 0.15) is 6.42 Å². The standard InChI is InChI=1S/C12H18ClNOS.ClH/c1-15-9-2-7-14-8-10-16-12-5-3-11(13)4-6-12;/h3-6,14H,2,7-10H2,1H3;1H/p-1. The maximum Gasteiger partial charge on any atom is 0.0474 e. The Morgan fingerprint density at radius 3 is 2.59 bits per heavy atom. The summed E-state index contributed by atoms with van der Waals surface area (Å²) in [5, 5.41) is 4.17. The van der Waals surface area contributed by atoms with Crippen molar-refractivity contribution in [1.29, 1.82) is 0 Å². The van der Waals surface area contributed by atoms with Gasteiger partial charge >= 0.3 is 0 Å². The number of halogens is 2. The van der Waals surface area contributed by atoms with E-state index < -0.39 is 0 Å². The van der Waals surface area contributed by atoms with Crippen molar-refractivity contribution in [3.8, 4) is 0 Å². The first-order chi connectivity index (χ1) is 7.83. The first kappa shape index (κ1) is 17.1. The van der Waals surface area contributed by atoms with Gasteiger partial charge in [0.2, 0.25) is 0 Å². The minimum absolute atomic E-state index is 0. The average molecular weight is 295 g/mol. The third-order valence-electron chi connectivity index (χ3n) is 2.06. The van der Waals surface area contributed by atoms with Crippen molar-refractivity contribution < 1.29 is 17.1 Å². The molecule has 0 unspecified atom stereocenters. The Balaban J connectivity index is 0.00000256. The van der Waals surface area contributed by atoms with Crippen molar-refractivity contribution in [2.24, 2.45) is 0 Å². The monoisotopic (exact) mass is 294 g/mol. The molecular formula is C12H18Cl2NOS-. The SMILES string of the molecule is COCCCNCCSc1ccc(Cl)cc1.[Cl-]. The zero-order valence-electron chi connectivity index (χ0n) is 9.92. The molecule has 1 aromatic rings. The Bertz CT molecular complexity index is 282. The fraction of sp³-hybridized carbons (Fsp3) is 0.500. The Kier molecular flexibility index (Phi) is 11.2. The van der Waals surface area contributed by atoms with Gasteiger partial charge in [0, 0.05) is 35.9 Å². The highest BCUT2D eigenvalue weighted by atomic mass is 35.5. The van der Waals surface area contributed by atoms with Crippen LogP contribution in [-0.2, 0) is 4.74 Å². The number of thioether (sulfide) groups is 1. The molecule has 1 aromatic carbocycles. The van der Waals surface area contributed by atoms with E-state index in [1.807, 2.05) is 23.9 Å². The maximum absolute atomic E-state index is 5.81. The number of nitrogens with one attached hydrogen (secondary N) is 1. The fourth-order valence-electron chi connectivity index (χ4n) is 1.24. The zero-order chi connectivity index (χ0) is 11.6. The molecule has 2 nitrogen and oxygen atoms in total. The first-order valence-corrected chi connectivity index (χ1v) is 6.77. The van der Waals surface area contributed by atoms with Crippen molar-refractivity contribution in [3.63, 3.8) is 0 Å². The molecule has 0 fully saturated rings. The van der Waals surface area contributed by atoms with E-state index >= 15 is 0 Å². The molecule has 0 radical (unpaired) electrons. The van der Waals surface area contributed by atoms with Gasteiger partial charge in [-0.3, -0.25) is 0 Å². The molecule has 0 aliphatic rings. The minimum atomic E-state index is 0. The molecule has 0 heterocycles. The van der Waals surface area contributed by atoms with Crippen LogP contribution in [0.3, 0.4) is 0 Å². The lowest BCUT2D eigenvalue weighted by Crippen LogP contribution is -3.00. The van der Waals surface area contributed by atoms with Crippen LogP contribution < -0.4 is 17.7 Å². The number of methoxy groups -OCH3 is 1. The van der Waals surface area contributed by atoms with Gasteiger partial charge in [-0.25, -0.2) is 0 Å². The van der Waals surface area contributed by atoms with Crippen LogP contribution in [-0.4, -0.2) is 32.6 Å². The molecule has 0 aromatic heterocycles. The normalized spacial score (nSPS) is 10.0. The van der Waals surface area contributed by atoms with Gasteiger partial charge in [-0.1, -0.05) is 11.6 Å². The van der Waals surface area contributed by atoms with Crippen LogP contribution in [0.15, 0.2) is 29.2 Å². The fourth-order valence-corrected chi connectivity index (χ4v) is 2.18. The Hall–Kier alpha value is 0.0700. The van der Waals surface area contributed by atoms with Crippen molar-refractivity contribution in [2.45, 2.75) is 11.3 Å². The van der Waals surface area contributed by atoms with Crippen LogP contribution in [0.5, 0.6) is 0 Å². The Labute approximate surface area is 119 Å². The molecule has 0 atom stereocenters. The predicted octanol–water partition coefficient (Wildman–Crippen LogP) is 0.0622. The summed E-state index contributed by atoms with van der Waals surface area (Å²) < 4.78 is 4.97. The average Bonchev–Trinajstić information content (AvgIpc) is 2.30. The second-order valence-corrected chi connectivity index (χ2v) is 5.00. The minimum Gasteiger partial charge on any atom is -1.00 e. The molecule has 0 amide bonds. The van der Waals surface area contributed by atoms with E-state index in [0.717, 1.165) is 36.9 Å². The molecule has 0 bridgehead atoms. The van der Waals surface area contributed by atoms with Gasteiger partial charge in [0.1, 0.15) is 0 Å². The zero-order valence-corrected chi connectivity index (χ0v) is 12.2. The summed E-state index contributed by atoms with van der Waals surface area (Å²) in [5.41, 5.74) is 0. The third-order valence-corrected chi connectivity index (χ3v) is 3.33. The second-order valence-electron chi connectivity index (χ2n) is 3.40. The summed E-state index contributed by atoms with van der Waals surface area (Å²) in [4.78, 5) is 1.27. The van der Waals surface area contributed by atoms with E-state index in [1.54, 1.807) is 7.11 Å². The molecule has 0 spiro atoms. The summed E-state index contributed by atoms with van der Waals surface area (Å²) in [5.74, 6) is 1.08. The van der Waals surface area contributed by atoms with Crippen molar-refractivity contribution in [3.05, 3.63) is 29.3 Å². The van der Waals surface area contributed by atoms with Crippen LogP contribution in [0, 0.1) is 0 Å². The van der Waals surface area contributed by atoms with E-state index in [1.165, 1.54) is 4.90 Å². The number of hydrogen-bond donors (Lipinski definition) is 1. The van der Waals surface area contributed by atoms with Crippen LogP contribution in [0.4, 0.5) is 0 Å². The highest BCUT2D eigenvalue weighted by Gasteiger charge is 1.94. The Morgan fingerprint density at radius 1 is 1.24 bits per heavy atom. The van der Waals surface area contributed by atoms with Gasteiger partial charge in [-0.2, -0.15) is 0 Å². The lowest BCUT2D eigenvalue weighted by atomic mass is 10.4. The van der Waals surface area contributed by atoms with Gasteiger partial charge in [-0.05, 0) is 37.2 Å². The molecule has 1 N–H and O–H groups in total. The van der Waals surface area contributed by atoms with Crippen LogP contribution in [0.25, 0.3) is 0 Å². The molecule has 1 rings (SSSR count). The molecular weight excluding hydrogens is 277 g/mol. The van der Waals surface area contributed by atoms with Gasteiger partial charge in [0.05, 0.1) is 0 Å². The molecule has 0 saturated carbocycles. The highest BCUT2D eigenvalue weighted by Crippen LogP contribution is 2.19. The van der Waals surface area contributed by atoms with Gasteiger partial charge in [-0.15, -0.1) is 11.8 Å². The van der Waals surface area contributed by atoms with Crippen molar-refractivity contribution in [1.82, 2.24) is 5.32 Å². The van der Waals surface area contributed by atoms with Crippen molar-refractivity contribution >= 4 is 23.4 Å². The third kappa shape index (κ3) is 8.75. The molecule has 0 aliphatic heterocycles. The first-order valence-electron chi connectivity index (χ1n) is 5.41. The van der Waals surface area contributed by atoms with Crippen LogP contribution >= 0.6 is 23.4 Å². The lowest BCUT2D eigenvalue weighted by Gasteiger charge is -2.04. The van der Waals surface area contributed by atoms with E-state index in [9.17, 15) is 0 Å². The summed E-state index contributed by atoms with van der Waals surface area (Å²) >= 11 is 7.65. The Morgan fingerprint density at radius 2 is 1.94 bits per heavy atom. The van der Waals surface area contributed by atoms with E-state index in [2.05, 4.69) is 17.4 Å². The largest absolute Gasteiger partial charge is 1.00 e. The van der Waals surface area contributed by atoms with Crippen LogP contribution in [0.2, 0.25) is 5.02 Å².